The summed E-state index contributed by atoms with van der Waals surface area (Å²) >= 11 is 5.78. The van der Waals surface area contributed by atoms with Gasteiger partial charge in [-0.1, -0.05) is 23.7 Å². The summed E-state index contributed by atoms with van der Waals surface area (Å²) in [5.74, 6) is -2.02. The van der Waals surface area contributed by atoms with Crippen LogP contribution in [0.5, 0.6) is 0 Å². The summed E-state index contributed by atoms with van der Waals surface area (Å²) in [4.78, 5) is 33.6. The molecule has 0 fully saturated rings. The maximum atomic E-state index is 11.7. The van der Waals surface area contributed by atoms with E-state index >= 15 is 0 Å². The molecule has 0 aliphatic carbocycles. The predicted molar refractivity (Wildman–Crippen MR) is 78.5 cm³/mol. The average Bonchev–Trinajstić information content (AvgIpc) is 2.38. The molecule has 0 heterocycles. The van der Waals surface area contributed by atoms with Gasteiger partial charge in [0, 0.05) is 11.1 Å². The molecule has 0 spiro atoms. The molecule has 21 heavy (non-hydrogen) atoms. The van der Waals surface area contributed by atoms with Crippen molar-refractivity contribution in [3.05, 3.63) is 34.9 Å². The van der Waals surface area contributed by atoms with Gasteiger partial charge in [0.15, 0.2) is 6.04 Å². The lowest BCUT2D eigenvalue weighted by Crippen LogP contribution is -2.56. The molecule has 4 amide bonds. The van der Waals surface area contributed by atoms with Crippen LogP contribution in [-0.2, 0) is 16.0 Å². The Kier molecular flexibility index (Phi) is 5.98. The van der Waals surface area contributed by atoms with Crippen LogP contribution in [0.15, 0.2) is 24.3 Å². The highest BCUT2D eigenvalue weighted by atomic mass is 35.5. The third-order valence-electron chi connectivity index (χ3n) is 2.68. The molecule has 0 radical (unpaired) electrons. The second-order valence-corrected chi connectivity index (χ2v) is 5.02. The van der Waals surface area contributed by atoms with E-state index in [1.165, 1.54) is 0 Å². The summed E-state index contributed by atoms with van der Waals surface area (Å²) in [6.07, 6.45) is 0.558. The lowest BCUT2D eigenvalue weighted by molar-refractivity contribution is -0.128. The Balaban J connectivity index is 2.52. The SMILES string of the molecule is C[C@@H](Cc1ccc(Cl)cc1)NC(=O)NC(C(N)=O)C(N)=O. The number of carbonyl (C=O) groups is 3. The van der Waals surface area contributed by atoms with Crippen molar-refractivity contribution in [1.29, 1.82) is 0 Å². The summed E-state index contributed by atoms with van der Waals surface area (Å²) < 4.78 is 0. The van der Waals surface area contributed by atoms with Crippen molar-refractivity contribution < 1.29 is 14.4 Å². The number of hydrogen-bond acceptors (Lipinski definition) is 3. The monoisotopic (exact) mass is 312 g/mol. The van der Waals surface area contributed by atoms with Crippen molar-refractivity contribution in [3.63, 3.8) is 0 Å². The van der Waals surface area contributed by atoms with E-state index in [1.807, 2.05) is 12.1 Å². The van der Waals surface area contributed by atoms with Crippen LogP contribution in [0.3, 0.4) is 0 Å². The van der Waals surface area contributed by atoms with Gasteiger partial charge >= 0.3 is 6.03 Å². The van der Waals surface area contributed by atoms with Crippen LogP contribution < -0.4 is 22.1 Å². The van der Waals surface area contributed by atoms with E-state index in [1.54, 1.807) is 19.1 Å². The van der Waals surface area contributed by atoms with Crippen molar-refractivity contribution in [2.75, 3.05) is 0 Å². The zero-order valence-electron chi connectivity index (χ0n) is 11.4. The normalized spacial score (nSPS) is 11.8. The molecule has 7 nitrogen and oxygen atoms in total. The average molecular weight is 313 g/mol. The highest BCUT2D eigenvalue weighted by Gasteiger charge is 2.24. The third kappa shape index (κ3) is 5.70. The van der Waals surface area contributed by atoms with Crippen LogP contribution in [0.1, 0.15) is 12.5 Å². The first kappa shape index (κ1) is 16.8. The smallest absolute Gasteiger partial charge is 0.316 e. The Morgan fingerprint density at radius 2 is 1.62 bits per heavy atom. The first-order valence-corrected chi connectivity index (χ1v) is 6.57. The van der Waals surface area contributed by atoms with E-state index in [-0.39, 0.29) is 6.04 Å². The molecule has 8 heteroatoms. The molecule has 0 bridgehead atoms. The van der Waals surface area contributed by atoms with Crippen LogP contribution in [-0.4, -0.2) is 29.9 Å². The molecule has 0 unspecified atom stereocenters. The zero-order valence-corrected chi connectivity index (χ0v) is 12.2. The molecule has 1 rings (SSSR count). The fraction of sp³-hybridized carbons (Fsp3) is 0.308. The Labute approximate surface area is 127 Å². The summed E-state index contributed by atoms with van der Waals surface area (Å²) in [6.45, 7) is 1.78. The number of benzene rings is 1. The van der Waals surface area contributed by atoms with E-state index in [0.29, 0.717) is 11.4 Å². The van der Waals surface area contributed by atoms with Gasteiger partial charge < -0.3 is 22.1 Å². The predicted octanol–water partition coefficient (Wildman–Crippen LogP) is -0.0906. The zero-order chi connectivity index (χ0) is 16.0. The molecule has 1 aromatic carbocycles. The fourth-order valence-corrected chi connectivity index (χ4v) is 1.83. The maximum absolute atomic E-state index is 11.7. The molecule has 0 aromatic heterocycles. The number of hydrogen-bond donors (Lipinski definition) is 4. The number of carbonyl (C=O) groups excluding carboxylic acids is 3. The van der Waals surface area contributed by atoms with E-state index in [0.717, 1.165) is 5.56 Å². The molecular formula is C13H17ClN4O3. The summed E-state index contributed by atoms with van der Waals surface area (Å²) in [5.41, 5.74) is 10.9. The third-order valence-corrected chi connectivity index (χ3v) is 2.93. The van der Waals surface area contributed by atoms with E-state index in [2.05, 4.69) is 10.6 Å². The Morgan fingerprint density at radius 1 is 1.10 bits per heavy atom. The summed E-state index contributed by atoms with van der Waals surface area (Å²) in [5, 5.41) is 5.33. The molecule has 1 atom stereocenters. The van der Waals surface area contributed by atoms with Gasteiger partial charge in [-0.05, 0) is 31.0 Å². The van der Waals surface area contributed by atoms with Crippen LogP contribution >= 0.6 is 11.6 Å². The minimum atomic E-state index is -1.53. The van der Waals surface area contributed by atoms with Crippen molar-refractivity contribution in [2.45, 2.75) is 25.4 Å². The Hall–Kier alpha value is -2.28. The Morgan fingerprint density at radius 3 is 2.10 bits per heavy atom. The number of nitrogens with one attached hydrogen (secondary N) is 2. The topological polar surface area (TPSA) is 127 Å². The number of halogens is 1. The highest BCUT2D eigenvalue weighted by Crippen LogP contribution is 2.10. The van der Waals surface area contributed by atoms with Crippen LogP contribution in [0, 0.1) is 0 Å². The molecule has 1 aromatic rings. The molecular weight excluding hydrogens is 296 g/mol. The number of rotatable bonds is 6. The van der Waals surface area contributed by atoms with Gasteiger partial charge in [0.2, 0.25) is 11.8 Å². The first-order valence-electron chi connectivity index (χ1n) is 6.19. The van der Waals surface area contributed by atoms with Gasteiger partial charge in [-0.2, -0.15) is 0 Å². The second-order valence-electron chi connectivity index (χ2n) is 4.59. The van der Waals surface area contributed by atoms with E-state index < -0.39 is 23.9 Å². The van der Waals surface area contributed by atoms with Gasteiger partial charge in [0.1, 0.15) is 0 Å². The van der Waals surface area contributed by atoms with Gasteiger partial charge in [-0.3, -0.25) is 9.59 Å². The fourth-order valence-electron chi connectivity index (χ4n) is 1.70. The molecule has 0 saturated heterocycles. The highest BCUT2D eigenvalue weighted by molar-refractivity contribution is 6.30. The van der Waals surface area contributed by atoms with Crippen LogP contribution in [0.25, 0.3) is 0 Å². The molecule has 6 N–H and O–H groups in total. The van der Waals surface area contributed by atoms with Crippen LogP contribution in [0.4, 0.5) is 4.79 Å². The molecule has 0 saturated carbocycles. The molecule has 0 aliphatic rings. The summed E-state index contributed by atoms with van der Waals surface area (Å²) in [7, 11) is 0. The van der Waals surface area contributed by atoms with Gasteiger partial charge in [0.25, 0.3) is 0 Å². The first-order chi connectivity index (χ1) is 9.79. The van der Waals surface area contributed by atoms with Crippen molar-refractivity contribution in [1.82, 2.24) is 10.6 Å². The summed E-state index contributed by atoms with van der Waals surface area (Å²) in [6, 6.07) is 4.72. The number of primary amides is 2. The number of amides is 4. The van der Waals surface area contributed by atoms with Crippen molar-refractivity contribution in [2.24, 2.45) is 11.5 Å². The maximum Gasteiger partial charge on any atom is 0.316 e. The largest absolute Gasteiger partial charge is 0.367 e. The second kappa shape index (κ2) is 7.49. The molecule has 0 aliphatic heterocycles. The quantitative estimate of drug-likeness (QED) is 0.548. The minimum Gasteiger partial charge on any atom is -0.367 e. The lowest BCUT2D eigenvalue weighted by Gasteiger charge is -2.17. The van der Waals surface area contributed by atoms with E-state index in [9.17, 15) is 14.4 Å². The Bertz CT molecular complexity index is 519. The van der Waals surface area contributed by atoms with Crippen LogP contribution in [0.2, 0.25) is 5.02 Å². The minimum absolute atomic E-state index is 0.229. The standard InChI is InChI=1S/C13H17ClN4O3/c1-7(6-8-2-4-9(14)5-3-8)17-13(21)18-10(11(15)19)12(16)20/h2-5,7,10H,6H2,1H3,(H2,15,19)(H2,16,20)(H2,17,18,21)/t7-/m0/s1. The van der Waals surface area contributed by atoms with Crippen molar-refractivity contribution in [3.8, 4) is 0 Å². The van der Waals surface area contributed by atoms with Crippen molar-refractivity contribution >= 4 is 29.4 Å². The lowest BCUT2D eigenvalue weighted by atomic mass is 10.1. The van der Waals surface area contributed by atoms with Gasteiger partial charge in [0.05, 0.1) is 0 Å². The number of urea groups is 1. The van der Waals surface area contributed by atoms with Gasteiger partial charge in [-0.15, -0.1) is 0 Å². The van der Waals surface area contributed by atoms with E-state index in [4.69, 9.17) is 23.1 Å². The molecule has 114 valence electrons. The van der Waals surface area contributed by atoms with Gasteiger partial charge in [-0.25, -0.2) is 4.79 Å². The number of nitrogens with two attached hydrogens (primary N) is 2.